The third-order valence-corrected chi connectivity index (χ3v) is 2.72. The van der Waals surface area contributed by atoms with Gasteiger partial charge in [0.1, 0.15) is 11.4 Å². The fourth-order valence-electron chi connectivity index (χ4n) is 1.53. The molecule has 0 aliphatic rings. The summed E-state index contributed by atoms with van der Waals surface area (Å²) >= 11 is 5.61. The molecule has 0 aliphatic heterocycles. The van der Waals surface area contributed by atoms with Crippen LogP contribution in [0.3, 0.4) is 0 Å². The Kier molecular flexibility index (Phi) is 3.66. The molecule has 0 atom stereocenters. The summed E-state index contributed by atoms with van der Waals surface area (Å²) in [5.74, 6) is -1.34. The van der Waals surface area contributed by atoms with E-state index < -0.39 is 17.2 Å². The van der Waals surface area contributed by atoms with E-state index in [0.29, 0.717) is 5.69 Å². The number of aromatic amines is 1. The smallest absolute Gasteiger partial charge is 0.261 e. The van der Waals surface area contributed by atoms with Gasteiger partial charge in [0.2, 0.25) is 0 Å². The number of amides is 1. The van der Waals surface area contributed by atoms with Crippen LogP contribution in [0, 0.1) is 12.7 Å². The number of H-pyrrole nitrogens is 1. The van der Waals surface area contributed by atoms with Crippen LogP contribution in [-0.2, 0) is 0 Å². The van der Waals surface area contributed by atoms with Crippen LogP contribution in [0.1, 0.15) is 16.1 Å². The van der Waals surface area contributed by atoms with Crippen LogP contribution in [0.15, 0.2) is 35.3 Å². The number of halogens is 2. The van der Waals surface area contributed by atoms with Crippen molar-refractivity contribution in [2.24, 2.45) is 0 Å². The van der Waals surface area contributed by atoms with Crippen molar-refractivity contribution in [3.05, 3.63) is 62.8 Å². The Hall–Kier alpha value is -2.14. The highest BCUT2D eigenvalue weighted by atomic mass is 35.5. The Labute approximate surface area is 113 Å². The van der Waals surface area contributed by atoms with Gasteiger partial charge in [-0.3, -0.25) is 9.59 Å². The molecule has 0 aliphatic carbocycles. The topological polar surface area (TPSA) is 62.0 Å². The molecule has 2 rings (SSSR count). The molecule has 0 radical (unpaired) electrons. The molecule has 4 nitrogen and oxygen atoms in total. The molecular weight excluding hydrogens is 271 g/mol. The number of aryl methyl sites for hydroxylation is 1. The first-order valence-electron chi connectivity index (χ1n) is 5.43. The number of rotatable bonds is 2. The third kappa shape index (κ3) is 3.00. The lowest BCUT2D eigenvalue weighted by molar-refractivity contribution is 0.102. The number of aromatic nitrogens is 1. The number of carbonyl (C=O) groups excluding carboxylic acids is 1. The van der Waals surface area contributed by atoms with Gasteiger partial charge in [-0.1, -0.05) is 11.6 Å². The number of nitrogens with one attached hydrogen (secondary N) is 2. The van der Waals surface area contributed by atoms with E-state index >= 15 is 0 Å². The second-order valence-corrected chi connectivity index (χ2v) is 4.41. The molecule has 0 saturated carbocycles. The van der Waals surface area contributed by atoms with Crippen LogP contribution in [-0.4, -0.2) is 10.9 Å². The molecule has 0 saturated heterocycles. The van der Waals surface area contributed by atoms with Crippen molar-refractivity contribution >= 4 is 23.2 Å². The summed E-state index contributed by atoms with van der Waals surface area (Å²) in [6.45, 7) is 1.70. The summed E-state index contributed by atoms with van der Waals surface area (Å²) in [5.41, 5.74) is 0.0941. The first kappa shape index (κ1) is 13.3. The van der Waals surface area contributed by atoms with Gasteiger partial charge in [0, 0.05) is 23.0 Å². The summed E-state index contributed by atoms with van der Waals surface area (Å²) in [5, 5.41) is 2.55. The third-order valence-electron chi connectivity index (χ3n) is 2.48. The molecule has 1 aromatic heterocycles. The molecule has 2 aromatic rings. The lowest BCUT2D eigenvalue weighted by Gasteiger charge is -2.06. The van der Waals surface area contributed by atoms with E-state index in [2.05, 4.69) is 10.3 Å². The highest BCUT2D eigenvalue weighted by Gasteiger charge is 2.12. The van der Waals surface area contributed by atoms with Gasteiger partial charge in [0.05, 0.1) is 5.69 Å². The molecule has 1 amide bonds. The minimum atomic E-state index is -0.678. The molecule has 19 heavy (non-hydrogen) atoms. The van der Waals surface area contributed by atoms with Crippen molar-refractivity contribution in [3.63, 3.8) is 0 Å². The molecule has 0 bridgehead atoms. The Morgan fingerprint density at radius 3 is 2.74 bits per heavy atom. The van der Waals surface area contributed by atoms with Crippen LogP contribution in [0.5, 0.6) is 0 Å². The number of anilines is 1. The van der Waals surface area contributed by atoms with Crippen molar-refractivity contribution in [2.75, 3.05) is 5.32 Å². The first-order chi connectivity index (χ1) is 8.97. The molecule has 6 heteroatoms. The molecule has 98 valence electrons. The summed E-state index contributed by atoms with van der Waals surface area (Å²) in [6.07, 6.45) is 1.29. The van der Waals surface area contributed by atoms with E-state index in [-0.39, 0.29) is 16.3 Å². The van der Waals surface area contributed by atoms with E-state index in [0.717, 1.165) is 6.07 Å². The van der Waals surface area contributed by atoms with Gasteiger partial charge >= 0.3 is 0 Å². The van der Waals surface area contributed by atoms with Gasteiger partial charge in [0.25, 0.3) is 5.91 Å². The average Bonchev–Trinajstić information content (AvgIpc) is 2.32. The number of hydrogen-bond donors (Lipinski definition) is 2. The van der Waals surface area contributed by atoms with Crippen LogP contribution >= 0.6 is 11.6 Å². The summed E-state index contributed by atoms with van der Waals surface area (Å²) < 4.78 is 13.5. The SMILES string of the molecule is Cc1cc(=O)c(C(=O)Nc2ccc(Cl)cc2F)c[nH]1. The standard InChI is InChI=1S/C13H10ClFN2O2/c1-7-4-12(18)9(6-16-7)13(19)17-11-3-2-8(14)5-10(11)15/h2-6H,1H3,(H,16,18)(H,17,19). The van der Waals surface area contributed by atoms with E-state index in [1.54, 1.807) is 6.92 Å². The van der Waals surface area contributed by atoms with Gasteiger partial charge in [-0.05, 0) is 25.1 Å². The van der Waals surface area contributed by atoms with Crippen molar-refractivity contribution in [1.82, 2.24) is 4.98 Å². The molecule has 2 N–H and O–H groups in total. The summed E-state index contributed by atoms with van der Waals surface area (Å²) in [4.78, 5) is 26.2. The van der Waals surface area contributed by atoms with E-state index in [1.165, 1.54) is 24.4 Å². The fourth-order valence-corrected chi connectivity index (χ4v) is 1.69. The maximum Gasteiger partial charge on any atom is 0.261 e. The van der Waals surface area contributed by atoms with Crippen molar-refractivity contribution < 1.29 is 9.18 Å². The lowest BCUT2D eigenvalue weighted by atomic mass is 10.2. The molecule has 0 unspecified atom stereocenters. The molecule has 1 heterocycles. The van der Waals surface area contributed by atoms with Crippen molar-refractivity contribution in [2.45, 2.75) is 6.92 Å². The quantitative estimate of drug-likeness (QED) is 0.888. The first-order valence-corrected chi connectivity index (χ1v) is 5.81. The summed E-state index contributed by atoms with van der Waals surface area (Å²) in [6, 6.07) is 5.15. The maximum absolute atomic E-state index is 13.5. The normalized spacial score (nSPS) is 10.3. The number of pyridine rings is 1. The second kappa shape index (κ2) is 5.24. The Bertz CT molecular complexity index is 697. The Morgan fingerprint density at radius 2 is 2.11 bits per heavy atom. The van der Waals surface area contributed by atoms with Crippen LogP contribution in [0.25, 0.3) is 0 Å². The maximum atomic E-state index is 13.5. The largest absolute Gasteiger partial charge is 0.364 e. The molecular formula is C13H10ClFN2O2. The summed E-state index contributed by atoms with van der Waals surface area (Å²) in [7, 11) is 0. The van der Waals surface area contributed by atoms with E-state index in [1.807, 2.05) is 0 Å². The zero-order valence-electron chi connectivity index (χ0n) is 9.96. The molecule has 1 aromatic carbocycles. The Morgan fingerprint density at radius 1 is 1.37 bits per heavy atom. The van der Waals surface area contributed by atoms with Crippen LogP contribution < -0.4 is 10.7 Å². The van der Waals surface area contributed by atoms with E-state index in [9.17, 15) is 14.0 Å². The predicted octanol–water partition coefficient (Wildman–Crippen LogP) is 2.73. The highest BCUT2D eigenvalue weighted by Crippen LogP contribution is 2.19. The monoisotopic (exact) mass is 280 g/mol. The van der Waals surface area contributed by atoms with Crippen LogP contribution in [0.2, 0.25) is 5.02 Å². The van der Waals surface area contributed by atoms with Gasteiger partial charge in [0.15, 0.2) is 5.43 Å². The number of carbonyl (C=O) groups is 1. The fraction of sp³-hybridized carbons (Fsp3) is 0.0769. The Balaban J connectivity index is 2.28. The van der Waals surface area contributed by atoms with Crippen molar-refractivity contribution in [3.8, 4) is 0 Å². The van der Waals surface area contributed by atoms with Crippen molar-refractivity contribution in [1.29, 1.82) is 0 Å². The highest BCUT2D eigenvalue weighted by molar-refractivity contribution is 6.30. The number of benzene rings is 1. The lowest BCUT2D eigenvalue weighted by Crippen LogP contribution is -2.22. The zero-order chi connectivity index (χ0) is 14.0. The van der Waals surface area contributed by atoms with Gasteiger partial charge in [-0.25, -0.2) is 4.39 Å². The number of hydrogen-bond acceptors (Lipinski definition) is 2. The minimum absolute atomic E-state index is 0.0330. The van der Waals surface area contributed by atoms with Gasteiger partial charge in [-0.2, -0.15) is 0 Å². The average molecular weight is 281 g/mol. The molecule has 0 spiro atoms. The molecule has 0 fully saturated rings. The van der Waals surface area contributed by atoms with Gasteiger partial charge in [-0.15, -0.1) is 0 Å². The van der Waals surface area contributed by atoms with Gasteiger partial charge < -0.3 is 10.3 Å². The zero-order valence-corrected chi connectivity index (χ0v) is 10.7. The minimum Gasteiger partial charge on any atom is -0.364 e. The second-order valence-electron chi connectivity index (χ2n) is 3.97. The van der Waals surface area contributed by atoms with E-state index in [4.69, 9.17) is 11.6 Å². The predicted molar refractivity (Wildman–Crippen MR) is 71.2 cm³/mol. The van der Waals surface area contributed by atoms with Crippen LogP contribution in [0.4, 0.5) is 10.1 Å².